The minimum atomic E-state index is -0.398. The number of rotatable bonds is 8. The standard InChI is InChI=1S/C25H27N3O3/c29-19-25(21-7-3-1-4-8-21)13-15-28(18-25)24(30)20-11-12-23(27-17-20)26-14-16-31-22-9-5-2-6-10-22/h1-12,17,29H,13-16,18-19H2,(H,26,27). The molecule has 1 aromatic heterocycles. The summed E-state index contributed by atoms with van der Waals surface area (Å²) in [6, 6.07) is 23.2. The molecule has 0 spiro atoms. The number of aliphatic hydroxyl groups is 1. The van der Waals surface area contributed by atoms with Crippen LogP contribution in [0.2, 0.25) is 0 Å². The van der Waals surface area contributed by atoms with Crippen LogP contribution in [0.15, 0.2) is 79.0 Å². The van der Waals surface area contributed by atoms with Gasteiger partial charge in [0.15, 0.2) is 0 Å². The molecule has 2 aromatic carbocycles. The van der Waals surface area contributed by atoms with Gasteiger partial charge in [-0.2, -0.15) is 0 Å². The Balaban J connectivity index is 1.31. The highest BCUT2D eigenvalue weighted by molar-refractivity contribution is 5.94. The molecule has 6 nitrogen and oxygen atoms in total. The average molecular weight is 418 g/mol. The van der Waals surface area contributed by atoms with E-state index in [9.17, 15) is 9.90 Å². The Hall–Kier alpha value is -3.38. The predicted octanol–water partition coefficient (Wildman–Crippen LogP) is 3.35. The van der Waals surface area contributed by atoms with Crippen LogP contribution in [0.5, 0.6) is 5.75 Å². The quantitative estimate of drug-likeness (QED) is 0.550. The lowest BCUT2D eigenvalue weighted by Gasteiger charge is -2.27. The van der Waals surface area contributed by atoms with Crippen LogP contribution in [0.4, 0.5) is 5.82 Å². The van der Waals surface area contributed by atoms with Crippen molar-refractivity contribution >= 4 is 11.7 Å². The number of nitrogens with one attached hydrogen (secondary N) is 1. The summed E-state index contributed by atoms with van der Waals surface area (Å²) in [6.07, 6.45) is 2.35. The maximum absolute atomic E-state index is 13.0. The number of carbonyl (C=O) groups is 1. The minimum Gasteiger partial charge on any atom is -0.492 e. The normalized spacial score (nSPS) is 18.0. The molecule has 1 amide bonds. The number of hydrogen-bond donors (Lipinski definition) is 2. The molecule has 2 N–H and O–H groups in total. The molecule has 31 heavy (non-hydrogen) atoms. The first-order chi connectivity index (χ1) is 15.2. The van der Waals surface area contributed by atoms with Crippen molar-refractivity contribution in [2.75, 3.05) is 38.2 Å². The van der Waals surface area contributed by atoms with Crippen LogP contribution in [0.3, 0.4) is 0 Å². The molecular weight excluding hydrogens is 390 g/mol. The van der Waals surface area contributed by atoms with Gasteiger partial charge in [-0.15, -0.1) is 0 Å². The van der Waals surface area contributed by atoms with Gasteiger partial charge in [0, 0.05) is 24.7 Å². The fourth-order valence-corrected chi connectivity index (χ4v) is 3.97. The number of aromatic nitrogens is 1. The molecule has 0 saturated carbocycles. The Morgan fingerprint density at radius 2 is 1.81 bits per heavy atom. The molecule has 0 radical (unpaired) electrons. The van der Waals surface area contributed by atoms with Gasteiger partial charge in [0.2, 0.25) is 0 Å². The summed E-state index contributed by atoms with van der Waals surface area (Å²) in [5, 5.41) is 13.3. The van der Waals surface area contributed by atoms with Gasteiger partial charge in [0.05, 0.1) is 18.7 Å². The zero-order valence-corrected chi connectivity index (χ0v) is 17.4. The van der Waals surface area contributed by atoms with Crippen LogP contribution in [0.1, 0.15) is 22.3 Å². The number of para-hydroxylation sites is 1. The lowest BCUT2D eigenvalue weighted by atomic mass is 9.80. The van der Waals surface area contributed by atoms with Crippen LogP contribution in [-0.4, -0.2) is 53.7 Å². The van der Waals surface area contributed by atoms with Gasteiger partial charge in [-0.1, -0.05) is 48.5 Å². The van der Waals surface area contributed by atoms with Crippen LogP contribution < -0.4 is 10.1 Å². The first kappa shape index (κ1) is 20.9. The zero-order chi connectivity index (χ0) is 21.5. The molecule has 3 aromatic rings. The Kier molecular flexibility index (Phi) is 6.48. The molecule has 1 unspecified atom stereocenters. The van der Waals surface area contributed by atoms with Gasteiger partial charge in [0.1, 0.15) is 18.2 Å². The maximum atomic E-state index is 13.0. The number of aliphatic hydroxyl groups excluding tert-OH is 1. The van der Waals surface area contributed by atoms with Crippen molar-refractivity contribution in [3.63, 3.8) is 0 Å². The summed E-state index contributed by atoms with van der Waals surface area (Å²) in [4.78, 5) is 19.1. The second kappa shape index (κ2) is 9.62. The number of ether oxygens (including phenoxy) is 1. The van der Waals surface area contributed by atoms with Crippen molar-refractivity contribution < 1.29 is 14.6 Å². The van der Waals surface area contributed by atoms with E-state index in [2.05, 4.69) is 10.3 Å². The highest BCUT2D eigenvalue weighted by atomic mass is 16.5. The van der Waals surface area contributed by atoms with Crippen LogP contribution in [0.25, 0.3) is 0 Å². The summed E-state index contributed by atoms with van der Waals surface area (Å²) in [5.41, 5.74) is 1.22. The van der Waals surface area contributed by atoms with Crippen molar-refractivity contribution in [2.45, 2.75) is 11.8 Å². The number of carbonyl (C=O) groups excluding carboxylic acids is 1. The largest absolute Gasteiger partial charge is 0.492 e. The number of pyridine rings is 1. The van der Waals surface area contributed by atoms with E-state index in [-0.39, 0.29) is 12.5 Å². The smallest absolute Gasteiger partial charge is 0.255 e. The van der Waals surface area contributed by atoms with E-state index in [0.29, 0.717) is 37.6 Å². The molecule has 1 atom stereocenters. The third-order valence-electron chi connectivity index (χ3n) is 5.76. The predicted molar refractivity (Wildman–Crippen MR) is 120 cm³/mol. The number of hydrogen-bond acceptors (Lipinski definition) is 5. The van der Waals surface area contributed by atoms with E-state index in [1.165, 1.54) is 0 Å². The highest BCUT2D eigenvalue weighted by Gasteiger charge is 2.41. The Labute approximate surface area is 182 Å². The van der Waals surface area contributed by atoms with E-state index in [1.54, 1.807) is 17.2 Å². The van der Waals surface area contributed by atoms with E-state index >= 15 is 0 Å². The highest BCUT2D eigenvalue weighted by Crippen LogP contribution is 2.34. The summed E-state index contributed by atoms with van der Waals surface area (Å²) in [7, 11) is 0. The molecule has 0 aliphatic carbocycles. The van der Waals surface area contributed by atoms with Crippen LogP contribution in [-0.2, 0) is 5.41 Å². The van der Waals surface area contributed by atoms with E-state index < -0.39 is 5.41 Å². The van der Waals surface area contributed by atoms with Gasteiger partial charge in [-0.25, -0.2) is 4.98 Å². The molecule has 1 saturated heterocycles. The molecule has 4 rings (SSSR count). The summed E-state index contributed by atoms with van der Waals surface area (Å²) >= 11 is 0. The second-order valence-corrected chi connectivity index (χ2v) is 7.80. The van der Waals surface area contributed by atoms with Gasteiger partial charge in [-0.3, -0.25) is 4.79 Å². The van der Waals surface area contributed by atoms with Gasteiger partial charge < -0.3 is 20.1 Å². The number of likely N-dealkylation sites (tertiary alicyclic amines) is 1. The first-order valence-electron chi connectivity index (χ1n) is 10.5. The molecule has 2 heterocycles. The van der Waals surface area contributed by atoms with Crippen molar-refractivity contribution in [1.29, 1.82) is 0 Å². The van der Waals surface area contributed by atoms with Gasteiger partial charge in [-0.05, 0) is 36.2 Å². The molecule has 0 bridgehead atoms. The molecular formula is C25H27N3O3. The Morgan fingerprint density at radius 3 is 2.48 bits per heavy atom. The van der Waals surface area contributed by atoms with Gasteiger partial charge >= 0.3 is 0 Å². The number of amides is 1. The number of benzene rings is 2. The minimum absolute atomic E-state index is 0.0208. The number of anilines is 1. The van der Waals surface area contributed by atoms with E-state index in [4.69, 9.17) is 4.74 Å². The lowest BCUT2D eigenvalue weighted by Crippen LogP contribution is -2.37. The fourth-order valence-electron chi connectivity index (χ4n) is 3.97. The summed E-state index contributed by atoms with van der Waals surface area (Å²) in [6.45, 7) is 2.27. The third-order valence-corrected chi connectivity index (χ3v) is 5.76. The molecule has 1 aliphatic heterocycles. The zero-order valence-electron chi connectivity index (χ0n) is 17.4. The SMILES string of the molecule is O=C(c1ccc(NCCOc2ccccc2)nc1)N1CCC(CO)(c2ccccc2)C1. The van der Waals surface area contributed by atoms with Crippen molar-refractivity contribution in [2.24, 2.45) is 0 Å². The van der Waals surface area contributed by atoms with Crippen molar-refractivity contribution in [1.82, 2.24) is 9.88 Å². The Bertz CT molecular complexity index is 980. The molecule has 1 fully saturated rings. The fraction of sp³-hybridized carbons (Fsp3) is 0.280. The monoisotopic (exact) mass is 417 g/mol. The van der Waals surface area contributed by atoms with E-state index in [0.717, 1.165) is 17.7 Å². The summed E-state index contributed by atoms with van der Waals surface area (Å²) in [5.74, 6) is 1.47. The number of nitrogens with zero attached hydrogens (tertiary/aromatic N) is 2. The first-order valence-corrected chi connectivity index (χ1v) is 10.5. The summed E-state index contributed by atoms with van der Waals surface area (Å²) < 4.78 is 5.65. The molecule has 1 aliphatic rings. The topological polar surface area (TPSA) is 74.7 Å². The Morgan fingerprint density at radius 1 is 1.06 bits per heavy atom. The third kappa shape index (κ3) is 4.86. The van der Waals surface area contributed by atoms with Crippen LogP contribution in [0, 0.1) is 0 Å². The van der Waals surface area contributed by atoms with E-state index in [1.807, 2.05) is 66.7 Å². The van der Waals surface area contributed by atoms with Gasteiger partial charge in [0.25, 0.3) is 5.91 Å². The average Bonchev–Trinajstić information content (AvgIpc) is 3.29. The lowest BCUT2D eigenvalue weighted by molar-refractivity contribution is 0.0773. The van der Waals surface area contributed by atoms with Crippen molar-refractivity contribution in [3.05, 3.63) is 90.1 Å². The van der Waals surface area contributed by atoms with Crippen molar-refractivity contribution in [3.8, 4) is 5.75 Å². The van der Waals surface area contributed by atoms with Crippen LogP contribution >= 0.6 is 0 Å². The molecule has 160 valence electrons. The maximum Gasteiger partial charge on any atom is 0.255 e. The second-order valence-electron chi connectivity index (χ2n) is 7.80. The molecule has 6 heteroatoms.